The first-order valence-electron chi connectivity index (χ1n) is 15.6. The van der Waals surface area contributed by atoms with E-state index in [-0.39, 0.29) is 11.5 Å². The lowest BCUT2D eigenvalue weighted by Crippen LogP contribution is -2.01. The van der Waals surface area contributed by atoms with Crippen molar-refractivity contribution in [2.24, 2.45) is 0 Å². The molecule has 0 saturated carbocycles. The van der Waals surface area contributed by atoms with Crippen molar-refractivity contribution in [3.8, 4) is 50.8 Å². The Morgan fingerprint density at radius 2 is 1.40 bits per heavy atom. The Bertz CT molecular complexity index is 1820. The maximum absolute atomic E-state index is 13.0. The summed E-state index contributed by atoms with van der Waals surface area (Å²) in [5.41, 5.74) is 3.01. The van der Waals surface area contributed by atoms with Crippen LogP contribution in [-0.2, 0) is 0 Å². The summed E-state index contributed by atoms with van der Waals surface area (Å²) >= 11 is 1.60. The Morgan fingerprint density at radius 3 is 2.04 bits per heavy atom. The maximum Gasteiger partial charge on any atom is 0.203 e. The number of fused-ring (bicyclic) bond motifs is 1. The largest absolute Gasteiger partial charge is 0.504 e. The molecule has 4 aromatic carbocycles. The van der Waals surface area contributed by atoms with Crippen LogP contribution in [0.4, 0.5) is 0 Å². The standard InChI is InChI=1S/C38H39NO8S/c1-42-32-17-14-25(13-16-29(40)27-23-34(43-2)37(45-4)35(24-27)44-3)21-33(32)47-20-10-6-5-9-19-46-31-18-15-26(22-30(31)41)38-39-28-11-7-8-12-36(28)48-38/h7-8,11-18,21-24,41H,5-6,9-10,19-20H2,1-4H3/b16-13+. The van der Waals surface area contributed by atoms with Crippen LogP contribution in [0.25, 0.3) is 26.9 Å². The molecule has 0 spiro atoms. The molecule has 5 aromatic rings. The van der Waals surface area contributed by atoms with Crippen LogP contribution in [0.2, 0.25) is 0 Å². The first-order valence-corrected chi connectivity index (χ1v) is 16.4. The van der Waals surface area contributed by atoms with Crippen molar-refractivity contribution < 1.29 is 38.3 Å². The zero-order chi connectivity index (χ0) is 33.9. The van der Waals surface area contributed by atoms with Crippen LogP contribution in [0.15, 0.2) is 78.9 Å². The molecule has 1 heterocycles. The van der Waals surface area contributed by atoms with E-state index in [1.807, 2.05) is 48.5 Å². The number of unbranched alkanes of at least 4 members (excludes halogenated alkanes) is 3. The summed E-state index contributed by atoms with van der Waals surface area (Å²) in [5, 5.41) is 11.4. The average Bonchev–Trinajstić information content (AvgIpc) is 3.56. The highest BCUT2D eigenvalue weighted by molar-refractivity contribution is 7.21. The van der Waals surface area contributed by atoms with E-state index in [4.69, 9.17) is 28.4 Å². The Morgan fingerprint density at radius 1 is 0.729 bits per heavy atom. The predicted octanol–water partition coefficient (Wildman–Crippen LogP) is 8.62. The number of carbonyl (C=O) groups excluding carboxylic acids is 1. The number of thiazole rings is 1. The van der Waals surface area contributed by atoms with Crippen molar-refractivity contribution in [2.75, 3.05) is 41.7 Å². The van der Waals surface area contributed by atoms with Gasteiger partial charge in [-0.05, 0) is 91.9 Å². The Labute approximate surface area is 284 Å². The van der Waals surface area contributed by atoms with Gasteiger partial charge in [-0.2, -0.15) is 0 Å². The van der Waals surface area contributed by atoms with Gasteiger partial charge >= 0.3 is 0 Å². The SMILES string of the molecule is COc1ccc(/C=C/C(=O)c2cc(OC)c(OC)c(OC)c2)cc1OCCCCCCOc1ccc(-c2nc3ccccc3s2)cc1O. The Kier molecular flexibility index (Phi) is 11.8. The minimum atomic E-state index is -0.215. The average molecular weight is 670 g/mol. The van der Waals surface area contributed by atoms with Gasteiger partial charge in [0.15, 0.2) is 40.3 Å². The number of phenolic OH excluding ortho intramolecular Hbond substituents is 1. The highest BCUT2D eigenvalue weighted by atomic mass is 32.1. The molecule has 0 saturated heterocycles. The zero-order valence-corrected chi connectivity index (χ0v) is 28.3. The second-order valence-electron chi connectivity index (χ2n) is 10.8. The van der Waals surface area contributed by atoms with Crippen LogP contribution in [0, 0.1) is 0 Å². The zero-order valence-electron chi connectivity index (χ0n) is 27.5. The molecular weight excluding hydrogens is 630 g/mol. The van der Waals surface area contributed by atoms with Crippen LogP contribution in [0.5, 0.6) is 40.2 Å². The molecule has 0 atom stereocenters. The number of phenols is 1. The molecule has 9 nitrogen and oxygen atoms in total. The number of hydrogen-bond donors (Lipinski definition) is 1. The number of aromatic hydroxyl groups is 1. The number of benzene rings is 4. The highest BCUT2D eigenvalue weighted by Gasteiger charge is 2.16. The number of ether oxygens (including phenoxy) is 6. The number of nitrogens with zero attached hydrogens (tertiary/aromatic N) is 1. The third kappa shape index (κ3) is 8.38. The molecule has 10 heteroatoms. The molecule has 1 aromatic heterocycles. The fourth-order valence-corrected chi connectivity index (χ4v) is 6.05. The highest BCUT2D eigenvalue weighted by Crippen LogP contribution is 2.39. The van der Waals surface area contributed by atoms with Crippen LogP contribution in [0.1, 0.15) is 41.6 Å². The topological polar surface area (TPSA) is 106 Å². The summed E-state index contributed by atoms with van der Waals surface area (Å²) in [6, 6.07) is 22.2. The molecule has 0 amide bonds. The summed E-state index contributed by atoms with van der Waals surface area (Å²) in [6.07, 6.45) is 6.83. The van der Waals surface area contributed by atoms with Crippen LogP contribution in [0.3, 0.4) is 0 Å². The molecule has 0 radical (unpaired) electrons. The van der Waals surface area contributed by atoms with Crippen LogP contribution in [-0.4, -0.2) is 57.5 Å². The third-order valence-electron chi connectivity index (χ3n) is 7.62. The van der Waals surface area contributed by atoms with Gasteiger partial charge in [-0.25, -0.2) is 4.98 Å². The van der Waals surface area contributed by atoms with E-state index in [1.54, 1.807) is 48.8 Å². The number of rotatable bonds is 17. The quantitative estimate of drug-likeness (QED) is 0.0592. The number of aromatic nitrogens is 1. The second kappa shape index (κ2) is 16.6. The fraction of sp³-hybridized carbons (Fsp3) is 0.263. The summed E-state index contributed by atoms with van der Waals surface area (Å²) in [7, 11) is 6.13. The summed E-state index contributed by atoms with van der Waals surface area (Å²) in [4.78, 5) is 17.6. The van der Waals surface area contributed by atoms with Gasteiger partial charge in [0.1, 0.15) is 5.01 Å². The van der Waals surface area contributed by atoms with E-state index >= 15 is 0 Å². The Balaban J connectivity index is 1.06. The molecular formula is C38H39NO8S. The van der Waals surface area contributed by atoms with Crippen molar-refractivity contribution in [3.63, 3.8) is 0 Å². The van der Waals surface area contributed by atoms with E-state index < -0.39 is 0 Å². The summed E-state index contributed by atoms with van der Waals surface area (Å²) < 4.78 is 34.6. The monoisotopic (exact) mass is 669 g/mol. The van der Waals surface area contributed by atoms with Crippen molar-refractivity contribution in [2.45, 2.75) is 25.7 Å². The van der Waals surface area contributed by atoms with Crippen molar-refractivity contribution in [1.29, 1.82) is 0 Å². The lowest BCUT2D eigenvalue weighted by molar-refractivity contribution is 0.104. The Hall–Kier alpha value is -5.22. The molecule has 0 unspecified atom stereocenters. The number of allylic oxidation sites excluding steroid dienone is 1. The van der Waals surface area contributed by atoms with E-state index in [9.17, 15) is 9.90 Å². The van der Waals surface area contributed by atoms with Gasteiger partial charge in [0.05, 0.1) is 51.9 Å². The molecule has 1 N–H and O–H groups in total. The minimum Gasteiger partial charge on any atom is -0.504 e. The van der Waals surface area contributed by atoms with E-state index in [0.29, 0.717) is 53.3 Å². The number of methoxy groups -OCH3 is 4. The lowest BCUT2D eigenvalue weighted by Gasteiger charge is -2.13. The first kappa shape index (κ1) is 34.1. The van der Waals surface area contributed by atoms with Gasteiger partial charge in [0.2, 0.25) is 5.75 Å². The van der Waals surface area contributed by atoms with Gasteiger partial charge in [-0.1, -0.05) is 24.3 Å². The normalized spacial score (nSPS) is 11.1. The van der Waals surface area contributed by atoms with Gasteiger partial charge in [-0.3, -0.25) is 4.79 Å². The molecule has 0 bridgehead atoms. The second-order valence-corrected chi connectivity index (χ2v) is 11.8. The van der Waals surface area contributed by atoms with Crippen molar-refractivity contribution in [3.05, 3.63) is 90.0 Å². The van der Waals surface area contributed by atoms with E-state index in [2.05, 4.69) is 4.98 Å². The van der Waals surface area contributed by atoms with Crippen LogP contribution >= 0.6 is 11.3 Å². The number of para-hydroxylation sites is 1. The first-order chi connectivity index (χ1) is 23.4. The molecule has 250 valence electrons. The number of hydrogen-bond acceptors (Lipinski definition) is 10. The third-order valence-corrected chi connectivity index (χ3v) is 8.70. The van der Waals surface area contributed by atoms with Crippen molar-refractivity contribution >= 4 is 33.4 Å². The molecule has 0 aliphatic carbocycles. The van der Waals surface area contributed by atoms with E-state index in [0.717, 1.165) is 52.0 Å². The molecule has 5 rings (SSSR count). The minimum absolute atomic E-state index is 0.108. The van der Waals surface area contributed by atoms with Gasteiger partial charge in [0, 0.05) is 11.1 Å². The summed E-state index contributed by atoms with van der Waals surface area (Å²) in [5.74, 6) is 2.83. The molecule has 0 fully saturated rings. The molecule has 0 aliphatic rings. The summed E-state index contributed by atoms with van der Waals surface area (Å²) in [6.45, 7) is 1.02. The molecule has 0 aliphatic heterocycles. The van der Waals surface area contributed by atoms with Crippen LogP contribution < -0.4 is 28.4 Å². The van der Waals surface area contributed by atoms with Crippen molar-refractivity contribution in [1.82, 2.24) is 4.98 Å². The fourth-order valence-electron chi connectivity index (χ4n) is 5.09. The molecule has 48 heavy (non-hydrogen) atoms. The lowest BCUT2D eigenvalue weighted by atomic mass is 10.1. The van der Waals surface area contributed by atoms with Gasteiger partial charge in [0.25, 0.3) is 0 Å². The van der Waals surface area contributed by atoms with Gasteiger partial charge < -0.3 is 33.5 Å². The predicted molar refractivity (Wildman–Crippen MR) is 189 cm³/mol. The van der Waals surface area contributed by atoms with Gasteiger partial charge in [-0.15, -0.1) is 11.3 Å². The number of carbonyl (C=O) groups is 1. The smallest absolute Gasteiger partial charge is 0.203 e. The number of ketones is 1. The maximum atomic E-state index is 13.0. The van der Waals surface area contributed by atoms with E-state index in [1.165, 1.54) is 27.4 Å².